The number of amides is 1. The second-order valence-corrected chi connectivity index (χ2v) is 4.13. The third-order valence-electron chi connectivity index (χ3n) is 2.22. The normalized spacial score (nSPS) is 10.1. The summed E-state index contributed by atoms with van der Waals surface area (Å²) < 4.78 is 0. The summed E-state index contributed by atoms with van der Waals surface area (Å²) in [6.07, 6.45) is 3.56. The molecule has 2 N–H and O–H groups in total. The molecule has 0 aliphatic carbocycles. The van der Waals surface area contributed by atoms with Crippen molar-refractivity contribution < 1.29 is 4.79 Å². The van der Waals surface area contributed by atoms with Crippen LogP contribution in [-0.4, -0.2) is 22.4 Å². The van der Waals surface area contributed by atoms with Crippen LogP contribution in [0.4, 0.5) is 0 Å². The van der Waals surface area contributed by atoms with Gasteiger partial charge in [0.2, 0.25) is 0 Å². The summed E-state index contributed by atoms with van der Waals surface area (Å²) in [6, 6.07) is 1.33. The van der Waals surface area contributed by atoms with E-state index in [0.717, 1.165) is 5.69 Å². The summed E-state index contributed by atoms with van der Waals surface area (Å²) in [6.45, 7) is 0.469. The van der Waals surface area contributed by atoms with E-state index in [9.17, 15) is 9.59 Å². The van der Waals surface area contributed by atoms with Crippen molar-refractivity contribution in [1.29, 1.82) is 0 Å². The third kappa shape index (κ3) is 3.01. The third-order valence-corrected chi connectivity index (χ3v) is 2.85. The number of pyridine rings is 1. The molecule has 0 fully saturated rings. The molecule has 2 heterocycles. The number of hydrogen-bond acceptors (Lipinski definition) is 4. The fourth-order valence-corrected chi connectivity index (χ4v) is 1.95. The molecule has 0 aliphatic heterocycles. The van der Waals surface area contributed by atoms with Gasteiger partial charge < -0.3 is 10.3 Å². The van der Waals surface area contributed by atoms with E-state index >= 15 is 0 Å². The van der Waals surface area contributed by atoms with Crippen LogP contribution in [0.15, 0.2) is 34.1 Å². The number of carbonyl (C=O) groups excluding carboxylic acids is 1. The first-order valence-electron chi connectivity index (χ1n) is 5.10. The number of nitrogens with one attached hydrogen (secondary N) is 2. The van der Waals surface area contributed by atoms with Gasteiger partial charge in [-0.05, 0) is 0 Å². The Morgan fingerprint density at radius 2 is 2.41 bits per heavy atom. The average molecular weight is 249 g/mol. The fraction of sp³-hybridized carbons (Fsp3) is 0.182. The van der Waals surface area contributed by atoms with Crippen LogP contribution in [0.2, 0.25) is 0 Å². The van der Waals surface area contributed by atoms with E-state index in [0.29, 0.717) is 13.0 Å². The Hall–Kier alpha value is -1.95. The second-order valence-electron chi connectivity index (χ2n) is 3.41. The van der Waals surface area contributed by atoms with Crippen molar-refractivity contribution >= 4 is 17.2 Å². The summed E-state index contributed by atoms with van der Waals surface area (Å²) in [7, 11) is 0. The Balaban J connectivity index is 1.90. The lowest BCUT2D eigenvalue weighted by Gasteiger charge is -2.02. The zero-order valence-corrected chi connectivity index (χ0v) is 9.79. The molecule has 0 atom stereocenters. The van der Waals surface area contributed by atoms with Gasteiger partial charge in [0.15, 0.2) is 5.43 Å². The predicted molar refractivity (Wildman–Crippen MR) is 65.2 cm³/mol. The van der Waals surface area contributed by atoms with Gasteiger partial charge in [0.1, 0.15) is 5.56 Å². The van der Waals surface area contributed by atoms with Crippen LogP contribution in [0.3, 0.4) is 0 Å². The maximum Gasteiger partial charge on any atom is 0.256 e. The standard InChI is InChI=1S/C11H11N3O2S/c15-10-2-3-12-5-9(10)11(16)13-4-1-8-6-17-7-14-8/h2-3,5-7H,1,4H2,(H,12,15)(H,13,16). The molecular weight excluding hydrogens is 238 g/mol. The first kappa shape index (κ1) is 11.5. The van der Waals surface area contributed by atoms with Crippen molar-refractivity contribution in [3.63, 3.8) is 0 Å². The van der Waals surface area contributed by atoms with Gasteiger partial charge in [0.25, 0.3) is 5.91 Å². The molecule has 2 rings (SSSR count). The zero-order chi connectivity index (χ0) is 12.1. The minimum atomic E-state index is -0.359. The topological polar surface area (TPSA) is 74.8 Å². The maximum atomic E-state index is 11.6. The number of aromatic nitrogens is 2. The molecule has 1 amide bonds. The van der Waals surface area contributed by atoms with Crippen LogP contribution < -0.4 is 10.7 Å². The first-order chi connectivity index (χ1) is 8.27. The highest BCUT2D eigenvalue weighted by molar-refractivity contribution is 7.07. The van der Waals surface area contributed by atoms with Crippen molar-refractivity contribution in [2.45, 2.75) is 6.42 Å². The molecule has 6 heteroatoms. The SMILES string of the molecule is O=C(NCCc1cscn1)c1c[nH]ccc1=O. The van der Waals surface area contributed by atoms with Crippen LogP contribution >= 0.6 is 11.3 Å². The number of H-pyrrole nitrogens is 1. The van der Waals surface area contributed by atoms with Crippen LogP contribution in [-0.2, 0) is 6.42 Å². The van der Waals surface area contributed by atoms with Gasteiger partial charge in [-0.25, -0.2) is 4.98 Å². The molecule has 88 valence electrons. The maximum absolute atomic E-state index is 11.6. The quantitative estimate of drug-likeness (QED) is 0.841. The lowest BCUT2D eigenvalue weighted by Crippen LogP contribution is -2.30. The van der Waals surface area contributed by atoms with E-state index in [1.54, 1.807) is 5.51 Å². The van der Waals surface area contributed by atoms with Crippen molar-refractivity contribution in [3.8, 4) is 0 Å². The molecule has 0 aliphatic rings. The Morgan fingerprint density at radius 3 is 3.12 bits per heavy atom. The van der Waals surface area contributed by atoms with Gasteiger partial charge in [-0.1, -0.05) is 0 Å². The largest absolute Gasteiger partial charge is 0.367 e. The van der Waals surface area contributed by atoms with Gasteiger partial charge in [-0.15, -0.1) is 11.3 Å². The van der Waals surface area contributed by atoms with Crippen molar-refractivity contribution in [3.05, 3.63) is 50.8 Å². The molecule has 0 saturated heterocycles. The monoisotopic (exact) mass is 249 g/mol. The van der Waals surface area contributed by atoms with Crippen LogP contribution in [0.1, 0.15) is 16.1 Å². The number of carbonyl (C=O) groups is 1. The lowest BCUT2D eigenvalue weighted by molar-refractivity contribution is 0.0952. The summed E-state index contributed by atoms with van der Waals surface area (Å²) in [4.78, 5) is 29.8. The highest BCUT2D eigenvalue weighted by Gasteiger charge is 2.08. The van der Waals surface area contributed by atoms with Gasteiger partial charge >= 0.3 is 0 Å². The summed E-state index contributed by atoms with van der Waals surface area (Å²) in [5.41, 5.74) is 2.54. The first-order valence-corrected chi connectivity index (χ1v) is 6.04. The summed E-state index contributed by atoms with van der Waals surface area (Å²) in [5, 5.41) is 4.62. The highest BCUT2D eigenvalue weighted by atomic mass is 32.1. The van der Waals surface area contributed by atoms with E-state index < -0.39 is 0 Å². The van der Waals surface area contributed by atoms with E-state index in [2.05, 4.69) is 15.3 Å². The highest BCUT2D eigenvalue weighted by Crippen LogP contribution is 2.00. The van der Waals surface area contributed by atoms with E-state index in [-0.39, 0.29) is 16.9 Å². The fourth-order valence-electron chi connectivity index (χ4n) is 1.35. The van der Waals surface area contributed by atoms with E-state index in [4.69, 9.17) is 0 Å². The number of aromatic amines is 1. The number of thiazole rings is 1. The molecule has 5 nitrogen and oxygen atoms in total. The molecule has 0 radical (unpaired) electrons. The van der Waals surface area contributed by atoms with Gasteiger partial charge in [0, 0.05) is 36.8 Å². The molecule has 0 aromatic carbocycles. The number of rotatable bonds is 4. The Labute approximate surface area is 102 Å². The second kappa shape index (κ2) is 5.40. The van der Waals surface area contributed by atoms with Gasteiger partial charge in [-0.2, -0.15) is 0 Å². The molecule has 2 aromatic rings. The Bertz CT molecular complexity index is 548. The molecule has 0 saturated carbocycles. The van der Waals surface area contributed by atoms with E-state index in [1.807, 2.05) is 5.38 Å². The van der Waals surface area contributed by atoms with Gasteiger partial charge in [0.05, 0.1) is 11.2 Å². The van der Waals surface area contributed by atoms with Crippen molar-refractivity contribution in [2.75, 3.05) is 6.54 Å². The molecule has 0 spiro atoms. The Kier molecular flexibility index (Phi) is 3.66. The van der Waals surface area contributed by atoms with E-state index in [1.165, 1.54) is 29.8 Å². The molecule has 0 unspecified atom stereocenters. The number of nitrogens with zero attached hydrogens (tertiary/aromatic N) is 1. The smallest absolute Gasteiger partial charge is 0.256 e. The molecule has 2 aromatic heterocycles. The predicted octanol–water partition coefficient (Wildman–Crippen LogP) is 0.804. The van der Waals surface area contributed by atoms with Crippen molar-refractivity contribution in [2.24, 2.45) is 0 Å². The molecule has 17 heavy (non-hydrogen) atoms. The molecule has 0 bridgehead atoms. The zero-order valence-electron chi connectivity index (χ0n) is 8.97. The van der Waals surface area contributed by atoms with Gasteiger partial charge in [-0.3, -0.25) is 9.59 Å². The van der Waals surface area contributed by atoms with Crippen LogP contribution in [0, 0.1) is 0 Å². The summed E-state index contributed by atoms with van der Waals surface area (Å²) >= 11 is 1.52. The molecular formula is C11H11N3O2S. The lowest BCUT2D eigenvalue weighted by atomic mass is 10.2. The minimum Gasteiger partial charge on any atom is -0.367 e. The minimum absolute atomic E-state index is 0.130. The summed E-state index contributed by atoms with van der Waals surface area (Å²) in [5.74, 6) is -0.359. The van der Waals surface area contributed by atoms with Crippen LogP contribution in [0.25, 0.3) is 0 Å². The average Bonchev–Trinajstić information content (AvgIpc) is 2.82. The van der Waals surface area contributed by atoms with Crippen molar-refractivity contribution in [1.82, 2.24) is 15.3 Å². The van der Waals surface area contributed by atoms with Crippen LogP contribution in [0.5, 0.6) is 0 Å². The number of hydrogen-bond donors (Lipinski definition) is 2. The Morgan fingerprint density at radius 1 is 1.53 bits per heavy atom.